The third-order valence-corrected chi connectivity index (χ3v) is 7.46. The van der Waals surface area contributed by atoms with Crippen LogP contribution in [0, 0.1) is 5.92 Å². The van der Waals surface area contributed by atoms with Crippen LogP contribution in [0.5, 0.6) is 0 Å². The number of rotatable bonds is 6. The quantitative estimate of drug-likeness (QED) is 0.396. The number of ether oxygens (including phenoxy) is 1. The Balaban J connectivity index is 1.27. The molecule has 11 heteroatoms. The molecule has 2 aromatic carbocycles. The van der Waals surface area contributed by atoms with Gasteiger partial charge < -0.3 is 24.8 Å². The molecule has 0 unspecified atom stereocenters. The van der Waals surface area contributed by atoms with Crippen LogP contribution in [0.1, 0.15) is 62.3 Å². The number of likely N-dealkylation sites (tertiary alicyclic amines) is 1. The van der Waals surface area contributed by atoms with Crippen molar-refractivity contribution in [3.05, 3.63) is 65.5 Å². The molecule has 2 aliphatic rings. The predicted molar refractivity (Wildman–Crippen MR) is 152 cm³/mol. The Kier molecular flexibility index (Phi) is 7.23. The maximum Gasteiger partial charge on any atom is 0.410 e. The smallest absolute Gasteiger partial charge is 0.410 e. The van der Waals surface area contributed by atoms with Crippen molar-refractivity contribution < 1.29 is 23.9 Å². The van der Waals surface area contributed by atoms with Gasteiger partial charge in [0.15, 0.2) is 0 Å². The number of nitrogens with zero attached hydrogens (tertiary/aromatic N) is 3. The number of imide groups is 1. The Morgan fingerprint density at radius 1 is 1.12 bits per heavy atom. The van der Waals surface area contributed by atoms with Gasteiger partial charge in [-0.25, -0.2) is 14.6 Å². The van der Waals surface area contributed by atoms with Gasteiger partial charge in [0.05, 0.1) is 17.6 Å². The second-order valence-electron chi connectivity index (χ2n) is 12.0. The van der Waals surface area contributed by atoms with Crippen LogP contribution in [0.2, 0.25) is 0 Å². The number of nitrogens with one attached hydrogen (secondary N) is 3. The molecule has 3 N–H and O–H groups in total. The molecule has 5 amide bonds. The normalized spacial score (nSPS) is 20.5. The van der Waals surface area contributed by atoms with Gasteiger partial charge >= 0.3 is 12.1 Å². The van der Waals surface area contributed by atoms with E-state index in [0.29, 0.717) is 12.1 Å². The van der Waals surface area contributed by atoms with Crippen molar-refractivity contribution in [3.8, 4) is 0 Å². The van der Waals surface area contributed by atoms with E-state index in [1.807, 2.05) is 30.3 Å². The molecular weight excluding hydrogens is 524 g/mol. The van der Waals surface area contributed by atoms with Gasteiger partial charge in [-0.05, 0) is 50.6 Å². The number of carbonyl (C=O) groups is 4. The van der Waals surface area contributed by atoms with E-state index < -0.39 is 35.1 Å². The minimum atomic E-state index is -1.34. The predicted octanol–water partition coefficient (Wildman–Crippen LogP) is 3.38. The topological polar surface area (TPSA) is 135 Å². The second-order valence-corrected chi connectivity index (χ2v) is 12.0. The number of benzene rings is 2. The molecule has 2 aliphatic heterocycles. The molecule has 1 spiro atoms. The fraction of sp³-hybridized carbons (Fsp3) is 0.433. The molecule has 41 heavy (non-hydrogen) atoms. The molecule has 0 aliphatic carbocycles. The summed E-state index contributed by atoms with van der Waals surface area (Å²) < 4.78 is 7.67. The molecule has 11 nitrogen and oxygen atoms in total. The number of carbonyl (C=O) groups excluding carboxylic acids is 4. The highest BCUT2D eigenvalue weighted by Crippen LogP contribution is 2.31. The highest BCUT2D eigenvalue weighted by atomic mass is 16.6. The lowest BCUT2D eigenvalue weighted by atomic mass is 9.87. The van der Waals surface area contributed by atoms with Crippen LogP contribution >= 0.6 is 0 Å². The lowest BCUT2D eigenvalue weighted by Gasteiger charge is -2.27. The van der Waals surface area contributed by atoms with E-state index in [2.05, 4.69) is 40.4 Å². The molecule has 2 atom stereocenters. The maximum absolute atomic E-state index is 13.1. The number of para-hydroxylation sites is 2. The third-order valence-electron chi connectivity index (χ3n) is 7.46. The summed E-state index contributed by atoms with van der Waals surface area (Å²) in [5, 5.41) is 7.84. The van der Waals surface area contributed by atoms with Gasteiger partial charge in [-0.15, -0.1) is 0 Å². The highest BCUT2D eigenvalue weighted by Gasteiger charge is 2.58. The van der Waals surface area contributed by atoms with E-state index in [0.717, 1.165) is 22.4 Å². The Bertz CT molecular complexity index is 1510. The van der Waals surface area contributed by atoms with E-state index in [-0.39, 0.29) is 31.5 Å². The fourth-order valence-corrected chi connectivity index (χ4v) is 5.49. The van der Waals surface area contributed by atoms with Crippen LogP contribution in [-0.2, 0) is 16.1 Å². The van der Waals surface area contributed by atoms with Crippen molar-refractivity contribution in [2.45, 2.75) is 58.2 Å². The van der Waals surface area contributed by atoms with Gasteiger partial charge in [0, 0.05) is 37.0 Å². The van der Waals surface area contributed by atoms with Crippen LogP contribution in [0.15, 0.2) is 48.5 Å². The number of aromatic nitrogens is 2. The first kappa shape index (κ1) is 28.1. The molecule has 0 bridgehead atoms. The van der Waals surface area contributed by atoms with Gasteiger partial charge in [-0.1, -0.05) is 38.1 Å². The zero-order chi connectivity index (χ0) is 29.5. The van der Waals surface area contributed by atoms with Crippen molar-refractivity contribution in [2.75, 3.05) is 19.6 Å². The standard InChI is InChI=1S/C30H36N6O5/c1-18(2)24-32-22-8-6-7-9-23(22)36(24)15-19-10-12-20(13-11-19)25(37)31-14-21-16-35(28(40)41-29(3,4)5)17-30(21)26(38)33-27(39)34-30/h6-13,18,21H,14-17H2,1-5H3,(H,31,37)(H2,33,34,38,39)/t21-,30+/m1/s1. The van der Waals surface area contributed by atoms with Crippen molar-refractivity contribution in [1.82, 2.24) is 30.4 Å². The summed E-state index contributed by atoms with van der Waals surface area (Å²) >= 11 is 0. The molecule has 0 radical (unpaired) electrons. The zero-order valence-corrected chi connectivity index (χ0v) is 24.0. The largest absolute Gasteiger partial charge is 0.444 e. The lowest BCUT2D eigenvalue weighted by molar-refractivity contribution is -0.124. The maximum atomic E-state index is 13.1. The second kappa shape index (κ2) is 10.5. The average molecular weight is 561 g/mol. The van der Waals surface area contributed by atoms with Crippen LogP contribution in [0.25, 0.3) is 11.0 Å². The summed E-state index contributed by atoms with van der Waals surface area (Å²) in [6.45, 7) is 10.3. The number of hydrogen-bond acceptors (Lipinski definition) is 6. The van der Waals surface area contributed by atoms with E-state index in [1.54, 1.807) is 32.9 Å². The highest BCUT2D eigenvalue weighted by molar-refractivity contribution is 6.08. The molecule has 2 saturated heterocycles. The van der Waals surface area contributed by atoms with Crippen molar-refractivity contribution in [1.29, 1.82) is 0 Å². The third kappa shape index (κ3) is 5.61. The summed E-state index contributed by atoms with van der Waals surface area (Å²) in [4.78, 5) is 56.9. The monoisotopic (exact) mass is 560 g/mol. The van der Waals surface area contributed by atoms with Crippen LogP contribution in [0.4, 0.5) is 9.59 Å². The number of urea groups is 1. The molecule has 216 valence electrons. The molecule has 5 rings (SSSR count). The molecule has 3 heterocycles. The molecule has 3 aromatic rings. The van der Waals surface area contributed by atoms with E-state index in [1.165, 1.54) is 4.90 Å². The fourth-order valence-electron chi connectivity index (χ4n) is 5.49. The van der Waals surface area contributed by atoms with Gasteiger partial charge in [0.25, 0.3) is 11.8 Å². The SMILES string of the molecule is CC(C)c1nc2ccccc2n1Cc1ccc(C(=O)NC[C@@H]2CN(C(=O)OC(C)(C)C)C[C@]23NC(=O)NC3=O)cc1. The summed E-state index contributed by atoms with van der Waals surface area (Å²) in [7, 11) is 0. The van der Waals surface area contributed by atoms with Crippen LogP contribution in [0.3, 0.4) is 0 Å². The number of hydrogen-bond donors (Lipinski definition) is 3. The van der Waals surface area contributed by atoms with E-state index >= 15 is 0 Å². The summed E-state index contributed by atoms with van der Waals surface area (Å²) in [6, 6.07) is 14.8. The zero-order valence-electron chi connectivity index (χ0n) is 24.0. The number of amides is 5. The van der Waals surface area contributed by atoms with Gasteiger partial charge in [-0.2, -0.15) is 0 Å². The minimum Gasteiger partial charge on any atom is -0.444 e. The molecule has 2 fully saturated rings. The number of imidazole rings is 1. The van der Waals surface area contributed by atoms with Crippen molar-refractivity contribution >= 4 is 35.0 Å². The lowest BCUT2D eigenvalue weighted by Crippen LogP contribution is -2.56. The van der Waals surface area contributed by atoms with Gasteiger partial charge in [0.2, 0.25) is 0 Å². The first-order valence-corrected chi connectivity index (χ1v) is 13.8. The minimum absolute atomic E-state index is 0.0456. The van der Waals surface area contributed by atoms with E-state index in [9.17, 15) is 19.2 Å². The Labute approximate surface area is 238 Å². The Morgan fingerprint density at radius 3 is 2.46 bits per heavy atom. The summed E-state index contributed by atoms with van der Waals surface area (Å²) in [6.07, 6.45) is -0.582. The van der Waals surface area contributed by atoms with E-state index in [4.69, 9.17) is 9.72 Å². The first-order chi connectivity index (χ1) is 19.4. The van der Waals surface area contributed by atoms with Gasteiger partial charge in [-0.3, -0.25) is 14.9 Å². The summed E-state index contributed by atoms with van der Waals surface area (Å²) in [5.74, 6) is -0.131. The van der Waals surface area contributed by atoms with Crippen molar-refractivity contribution in [2.24, 2.45) is 5.92 Å². The van der Waals surface area contributed by atoms with Crippen LogP contribution in [-0.4, -0.2) is 69.2 Å². The number of fused-ring (bicyclic) bond motifs is 1. The molecule has 0 saturated carbocycles. The molecular formula is C30H36N6O5. The average Bonchev–Trinajstić information content (AvgIpc) is 3.55. The molecule has 1 aromatic heterocycles. The summed E-state index contributed by atoms with van der Waals surface area (Å²) in [5.41, 5.74) is 1.45. The van der Waals surface area contributed by atoms with Crippen molar-refractivity contribution in [3.63, 3.8) is 0 Å². The Morgan fingerprint density at radius 2 is 1.83 bits per heavy atom. The van der Waals surface area contributed by atoms with Crippen LogP contribution < -0.4 is 16.0 Å². The van der Waals surface area contributed by atoms with Gasteiger partial charge in [0.1, 0.15) is 17.0 Å². The Hall–Kier alpha value is -4.41. The first-order valence-electron chi connectivity index (χ1n) is 13.8.